The third-order valence-corrected chi connectivity index (χ3v) is 5.92. The SMILES string of the molecule is CCCC(=O)Nc1ccc(C2OC(=O)N(Cc3ccc(C)cc3)C2C(=O)Nc2cccc(F)c2)cc1. The smallest absolute Gasteiger partial charge is 0.411 e. The quantitative estimate of drug-likeness (QED) is 0.433. The van der Waals surface area contributed by atoms with E-state index in [0.29, 0.717) is 17.7 Å². The number of nitrogens with one attached hydrogen (secondary N) is 2. The number of ether oxygens (including phenoxy) is 1. The number of halogens is 1. The number of hydrogen-bond donors (Lipinski definition) is 2. The van der Waals surface area contributed by atoms with Gasteiger partial charge in [-0.1, -0.05) is 55.0 Å². The summed E-state index contributed by atoms with van der Waals surface area (Å²) >= 11 is 0. The van der Waals surface area contributed by atoms with Crippen molar-refractivity contribution in [1.82, 2.24) is 4.90 Å². The standard InChI is InChI=1S/C28H28FN3O4/c1-3-5-24(33)30-22-14-12-20(13-15-22)26-25(27(34)31-23-7-4-6-21(29)16-23)32(28(35)36-26)17-19-10-8-18(2)9-11-19/h4,6-16,25-26H,3,5,17H2,1-2H3,(H,30,33)(H,31,34). The van der Waals surface area contributed by atoms with Gasteiger partial charge in [0, 0.05) is 17.8 Å². The number of anilines is 2. The van der Waals surface area contributed by atoms with E-state index >= 15 is 0 Å². The molecule has 1 fully saturated rings. The van der Waals surface area contributed by atoms with Crippen LogP contribution in [0.3, 0.4) is 0 Å². The predicted molar refractivity (Wildman–Crippen MR) is 135 cm³/mol. The minimum absolute atomic E-state index is 0.0887. The molecule has 1 aliphatic heterocycles. The molecule has 4 rings (SSSR count). The van der Waals surface area contributed by atoms with Crippen molar-refractivity contribution in [3.05, 3.63) is 95.3 Å². The van der Waals surface area contributed by atoms with Crippen LogP contribution < -0.4 is 10.6 Å². The number of cyclic esters (lactones) is 1. The van der Waals surface area contributed by atoms with Crippen molar-refractivity contribution < 1.29 is 23.5 Å². The summed E-state index contributed by atoms with van der Waals surface area (Å²) < 4.78 is 19.4. The van der Waals surface area contributed by atoms with E-state index in [1.54, 1.807) is 30.3 Å². The van der Waals surface area contributed by atoms with Gasteiger partial charge in [-0.05, 0) is 54.8 Å². The molecule has 36 heavy (non-hydrogen) atoms. The van der Waals surface area contributed by atoms with Crippen molar-refractivity contribution in [3.63, 3.8) is 0 Å². The molecule has 7 nitrogen and oxygen atoms in total. The summed E-state index contributed by atoms with van der Waals surface area (Å²) in [5.41, 5.74) is 3.41. The maximum absolute atomic E-state index is 13.7. The van der Waals surface area contributed by atoms with Crippen LogP contribution in [-0.4, -0.2) is 28.8 Å². The highest BCUT2D eigenvalue weighted by molar-refractivity contribution is 5.98. The molecule has 1 saturated heterocycles. The van der Waals surface area contributed by atoms with Crippen LogP contribution in [0.1, 0.15) is 42.6 Å². The lowest BCUT2D eigenvalue weighted by Crippen LogP contribution is -2.43. The first-order chi connectivity index (χ1) is 17.3. The fraction of sp³-hybridized carbons (Fsp3) is 0.250. The highest BCUT2D eigenvalue weighted by atomic mass is 19.1. The van der Waals surface area contributed by atoms with E-state index in [9.17, 15) is 18.8 Å². The van der Waals surface area contributed by atoms with Gasteiger partial charge in [0.1, 0.15) is 5.82 Å². The van der Waals surface area contributed by atoms with E-state index in [1.807, 2.05) is 38.1 Å². The van der Waals surface area contributed by atoms with Gasteiger partial charge in [-0.15, -0.1) is 0 Å². The first-order valence-electron chi connectivity index (χ1n) is 11.8. The van der Waals surface area contributed by atoms with Gasteiger partial charge in [-0.25, -0.2) is 9.18 Å². The third-order valence-electron chi connectivity index (χ3n) is 5.92. The molecular formula is C28H28FN3O4. The fourth-order valence-corrected chi connectivity index (χ4v) is 4.09. The maximum Gasteiger partial charge on any atom is 0.411 e. The molecular weight excluding hydrogens is 461 g/mol. The van der Waals surface area contributed by atoms with Crippen molar-refractivity contribution in [1.29, 1.82) is 0 Å². The van der Waals surface area contributed by atoms with Crippen LogP contribution in [0.25, 0.3) is 0 Å². The van der Waals surface area contributed by atoms with Crippen molar-refractivity contribution in [3.8, 4) is 0 Å². The minimum Gasteiger partial charge on any atom is -0.438 e. The second-order valence-corrected chi connectivity index (χ2v) is 8.78. The zero-order valence-electron chi connectivity index (χ0n) is 20.2. The summed E-state index contributed by atoms with van der Waals surface area (Å²) in [6, 6.07) is 19.1. The number of carbonyl (C=O) groups excluding carboxylic acids is 3. The zero-order chi connectivity index (χ0) is 25.7. The molecule has 2 atom stereocenters. The van der Waals surface area contributed by atoms with E-state index in [0.717, 1.165) is 17.5 Å². The van der Waals surface area contributed by atoms with Gasteiger partial charge in [-0.2, -0.15) is 0 Å². The number of carbonyl (C=O) groups is 3. The number of rotatable bonds is 8. The Balaban J connectivity index is 1.61. The topological polar surface area (TPSA) is 87.7 Å². The molecule has 0 radical (unpaired) electrons. The van der Waals surface area contributed by atoms with Gasteiger partial charge >= 0.3 is 6.09 Å². The molecule has 2 N–H and O–H groups in total. The summed E-state index contributed by atoms with van der Waals surface area (Å²) in [7, 11) is 0. The molecule has 0 aromatic heterocycles. The monoisotopic (exact) mass is 489 g/mol. The molecule has 2 unspecified atom stereocenters. The fourth-order valence-electron chi connectivity index (χ4n) is 4.09. The molecule has 3 amide bonds. The summed E-state index contributed by atoms with van der Waals surface area (Å²) in [5.74, 6) is -1.07. The van der Waals surface area contributed by atoms with Gasteiger partial charge in [0.15, 0.2) is 12.1 Å². The highest BCUT2D eigenvalue weighted by Crippen LogP contribution is 2.35. The lowest BCUT2D eigenvalue weighted by atomic mass is 10.00. The predicted octanol–water partition coefficient (Wildman–Crippen LogP) is 5.57. The second-order valence-electron chi connectivity index (χ2n) is 8.78. The van der Waals surface area contributed by atoms with E-state index in [-0.39, 0.29) is 18.1 Å². The molecule has 3 aromatic carbocycles. The second kappa shape index (κ2) is 11.0. The Morgan fingerprint density at radius 1 is 0.972 bits per heavy atom. The van der Waals surface area contributed by atoms with Crippen molar-refractivity contribution in [2.45, 2.75) is 45.4 Å². The molecule has 0 spiro atoms. The Kier molecular flexibility index (Phi) is 7.63. The summed E-state index contributed by atoms with van der Waals surface area (Å²) in [6.07, 6.45) is -0.365. The van der Waals surface area contributed by atoms with Crippen LogP contribution in [0.5, 0.6) is 0 Å². The summed E-state index contributed by atoms with van der Waals surface area (Å²) in [6.45, 7) is 4.06. The molecule has 0 aliphatic carbocycles. The lowest BCUT2D eigenvalue weighted by molar-refractivity contribution is -0.121. The van der Waals surface area contributed by atoms with Gasteiger partial charge < -0.3 is 15.4 Å². The van der Waals surface area contributed by atoms with Crippen LogP contribution >= 0.6 is 0 Å². The molecule has 0 saturated carbocycles. The average molecular weight is 490 g/mol. The van der Waals surface area contributed by atoms with Gasteiger partial charge in [-0.3, -0.25) is 14.5 Å². The molecule has 3 aromatic rings. The van der Waals surface area contributed by atoms with Gasteiger partial charge in [0.2, 0.25) is 5.91 Å². The van der Waals surface area contributed by atoms with Gasteiger partial charge in [0.25, 0.3) is 5.91 Å². The first-order valence-corrected chi connectivity index (χ1v) is 11.8. The van der Waals surface area contributed by atoms with E-state index < -0.39 is 30.0 Å². The number of nitrogens with zero attached hydrogens (tertiary/aromatic N) is 1. The largest absolute Gasteiger partial charge is 0.438 e. The van der Waals surface area contributed by atoms with Crippen LogP contribution in [0.2, 0.25) is 0 Å². The van der Waals surface area contributed by atoms with Crippen LogP contribution in [0.15, 0.2) is 72.8 Å². The van der Waals surface area contributed by atoms with E-state index in [4.69, 9.17) is 4.74 Å². The third kappa shape index (κ3) is 5.89. The van der Waals surface area contributed by atoms with Crippen LogP contribution in [-0.2, 0) is 20.9 Å². The maximum atomic E-state index is 13.7. The van der Waals surface area contributed by atoms with Crippen molar-refractivity contribution >= 4 is 29.3 Å². The number of amides is 3. The Bertz CT molecular complexity index is 1240. The first kappa shape index (κ1) is 24.9. The minimum atomic E-state index is -0.998. The Morgan fingerprint density at radius 3 is 2.36 bits per heavy atom. The normalized spacial score (nSPS) is 17.0. The summed E-state index contributed by atoms with van der Waals surface area (Å²) in [5, 5.41) is 5.53. The van der Waals surface area contributed by atoms with Crippen molar-refractivity contribution in [2.24, 2.45) is 0 Å². The van der Waals surface area contributed by atoms with Gasteiger partial charge in [0.05, 0.1) is 6.54 Å². The summed E-state index contributed by atoms with van der Waals surface area (Å²) in [4.78, 5) is 39.7. The molecule has 0 bridgehead atoms. The highest BCUT2D eigenvalue weighted by Gasteiger charge is 2.47. The molecule has 1 heterocycles. The average Bonchev–Trinajstić information content (AvgIpc) is 3.17. The number of benzene rings is 3. The Morgan fingerprint density at radius 2 is 1.69 bits per heavy atom. The lowest BCUT2D eigenvalue weighted by Gasteiger charge is -2.24. The van der Waals surface area contributed by atoms with E-state index in [1.165, 1.54) is 23.1 Å². The van der Waals surface area contributed by atoms with Crippen molar-refractivity contribution in [2.75, 3.05) is 10.6 Å². The number of hydrogen-bond acceptors (Lipinski definition) is 4. The number of aryl methyl sites for hydroxylation is 1. The van der Waals surface area contributed by atoms with Crippen LogP contribution in [0, 0.1) is 12.7 Å². The zero-order valence-corrected chi connectivity index (χ0v) is 20.2. The Labute approximate surface area is 209 Å². The van der Waals surface area contributed by atoms with Crippen LogP contribution in [0.4, 0.5) is 20.6 Å². The molecule has 186 valence electrons. The van der Waals surface area contributed by atoms with E-state index in [2.05, 4.69) is 10.6 Å². The molecule has 8 heteroatoms. The Hall–Kier alpha value is -4.20. The molecule has 1 aliphatic rings.